The number of carbonyl (C=O) groups is 1. The molecule has 0 bridgehead atoms. The van der Waals surface area contributed by atoms with Crippen molar-refractivity contribution in [3.05, 3.63) is 35.9 Å². The second-order valence-corrected chi connectivity index (χ2v) is 8.75. The third kappa shape index (κ3) is 4.39. The van der Waals surface area contributed by atoms with Gasteiger partial charge in [0.15, 0.2) is 0 Å². The Morgan fingerprint density at radius 3 is 2.35 bits per heavy atom. The third-order valence-corrected chi connectivity index (χ3v) is 6.78. The van der Waals surface area contributed by atoms with Crippen LogP contribution in [0.25, 0.3) is 0 Å². The lowest BCUT2D eigenvalue weighted by molar-refractivity contribution is -0.130. The summed E-state index contributed by atoms with van der Waals surface area (Å²) in [6.07, 6.45) is 0.465. The van der Waals surface area contributed by atoms with E-state index in [0.29, 0.717) is 5.56 Å². The molecule has 9 heteroatoms. The summed E-state index contributed by atoms with van der Waals surface area (Å²) in [6, 6.07) is 8.88. The number of nitrogens with one attached hydrogen (secondary N) is 1. The van der Waals surface area contributed by atoms with Crippen molar-refractivity contribution in [1.82, 2.24) is 9.62 Å². The van der Waals surface area contributed by atoms with Crippen molar-refractivity contribution in [2.75, 3.05) is 31.9 Å². The molecule has 3 N–H and O–H groups in total. The van der Waals surface area contributed by atoms with Gasteiger partial charge in [0.2, 0.25) is 15.9 Å². The molecule has 0 spiro atoms. The maximum absolute atomic E-state index is 13.4. The fourth-order valence-corrected chi connectivity index (χ4v) is 4.29. The molecule has 1 amide bonds. The molecule has 1 saturated heterocycles. The minimum absolute atomic E-state index is 0.0136. The minimum Gasteiger partial charge on any atom is -0.349 e. The number of hydrogen-bond donors (Lipinski definition) is 2. The van der Waals surface area contributed by atoms with Gasteiger partial charge in [-0.3, -0.25) is 4.79 Å². The Morgan fingerprint density at radius 1 is 1.27 bits per heavy atom. The van der Waals surface area contributed by atoms with Gasteiger partial charge in [0.25, 0.3) is 5.92 Å². The molecule has 0 aliphatic carbocycles. The fraction of sp³-hybridized carbons (Fsp3) is 0.588. The van der Waals surface area contributed by atoms with Crippen LogP contribution in [0.3, 0.4) is 0 Å². The highest BCUT2D eigenvalue weighted by atomic mass is 32.2. The number of hydrogen-bond acceptors (Lipinski definition) is 4. The van der Waals surface area contributed by atoms with Gasteiger partial charge < -0.3 is 11.1 Å². The van der Waals surface area contributed by atoms with Crippen molar-refractivity contribution >= 4 is 15.9 Å². The Hall–Kier alpha value is -1.58. The van der Waals surface area contributed by atoms with E-state index >= 15 is 0 Å². The molecule has 0 unspecified atom stereocenters. The number of piperidine rings is 1. The lowest BCUT2D eigenvalue weighted by Crippen LogP contribution is -2.55. The zero-order valence-corrected chi connectivity index (χ0v) is 15.6. The minimum atomic E-state index is -3.35. The second kappa shape index (κ2) is 7.98. The number of halogens is 2. The molecule has 2 rings (SSSR count). The quantitative estimate of drug-likeness (QED) is 0.730. The SMILES string of the molecule is CCS(=O)(=O)N1CCC(C(=O)NCC(F)(F)CN)(c2ccccc2)CC1. The number of alkyl halides is 2. The first-order valence-corrected chi connectivity index (χ1v) is 10.2. The van der Waals surface area contributed by atoms with Gasteiger partial charge in [0.05, 0.1) is 24.3 Å². The van der Waals surface area contributed by atoms with Gasteiger partial charge in [0, 0.05) is 13.1 Å². The van der Waals surface area contributed by atoms with Crippen LogP contribution in [-0.4, -0.2) is 56.5 Å². The first-order chi connectivity index (χ1) is 12.2. The Morgan fingerprint density at radius 2 is 1.85 bits per heavy atom. The van der Waals surface area contributed by atoms with Gasteiger partial charge in [-0.1, -0.05) is 30.3 Å². The number of nitrogens with zero attached hydrogens (tertiary/aromatic N) is 1. The number of sulfonamides is 1. The second-order valence-electron chi connectivity index (χ2n) is 6.49. The van der Waals surface area contributed by atoms with E-state index in [1.165, 1.54) is 4.31 Å². The number of rotatable bonds is 7. The van der Waals surface area contributed by atoms with Crippen molar-refractivity contribution in [3.8, 4) is 0 Å². The summed E-state index contributed by atoms with van der Waals surface area (Å²) < 4.78 is 52.4. The summed E-state index contributed by atoms with van der Waals surface area (Å²) in [6.45, 7) is 0.218. The molecule has 1 heterocycles. The zero-order chi connectivity index (χ0) is 19.4. The van der Waals surface area contributed by atoms with E-state index in [2.05, 4.69) is 5.32 Å². The predicted molar refractivity (Wildman–Crippen MR) is 95.4 cm³/mol. The van der Waals surface area contributed by atoms with E-state index in [4.69, 9.17) is 5.73 Å². The molecule has 0 radical (unpaired) electrons. The monoisotopic (exact) mass is 389 g/mol. The molecule has 1 aliphatic heterocycles. The average molecular weight is 389 g/mol. The largest absolute Gasteiger partial charge is 0.349 e. The average Bonchev–Trinajstić information content (AvgIpc) is 2.66. The van der Waals surface area contributed by atoms with Crippen LogP contribution >= 0.6 is 0 Å². The summed E-state index contributed by atoms with van der Waals surface area (Å²) in [4.78, 5) is 12.9. The molecule has 1 aromatic rings. The summed E-state index contributed by atoms with van der Waals surface area (Å²) in [5, 5.41) is 2.31. The van der Waals surface area contributed by atoms with Gasteiger partial charge in [-0.05, 0) is 25.3 Å². The molecular weight excluding hydrogens is 364 g/mol. The normalized spacial score (nSPS) is 18.5. The molecule has 146 valence electrons. The van der Waals surface area contributed by atoms with E-state index in [-0.39, 0.29) is 31.7 Å². The van der Waals surface area contributed by atoms with Crippen LogP contribution in [0.1, 0.15) is 25.3 Å². The molecule has 0 atom stereocenters. The molecule has 0 saturated carbocycles. The van der Waals surface area contributed by atoms with Crippen LogP contribution in [0.4, 0.5) is 8.78 Å². The molecule has 26 heavy (non-hydrogen) atoms. The summed E-state index contributed by atoms with van der Waals surface area (Å²) in [5.41, 5.74) is 4.68. The van der Waals surface area contributed by atoms with Crippen LogP contribution in [0, 0.1) is 0 Å². The molecule has 1 aromatic carbocycles. The molecule has 0 aromatic heterocycles. The topological polar surface area (TPSA) is 92.5 Å². The fourth-order valence-electron chi connectivity index (χ4n) is 3.18. The van der Waals surface area contributed by atoms with Gasteiger partial charge in [-0.25, -0.2) is 21.5 Å². The smallest absolute Gasteiger partial charge is 0.277 e. The first kappa shape index (κ1) is 20.7. The molecule has 1 aliphatic rings. The van der Waals surface area contributed by atoms with Crippen molar-refractivity contribution in [1.29, 1.82) is 0 Å². The van der Waals surface area contributed by atoms with E-state index in [9.17, 15) is 22.0 Å². The lowest BCUT2D eigenvalue weighted by atomic mass is 9.72. The van der Waals surface area contributed by atoms with Gasteiger partial charge in [-0.2, -0.15) is 0 Å². The summed E-state index contributed by atoms with van der Waals surface area (Å²) >= 11 is 0. The summed E-state index contributed by atoms with van der Waals surface area (Å²) in [7, 11) is -3.35. The van der Waals surface area contributed by atoms with Crippen molar-refractivity contribution < 1.29 is 22.0 Å². The number of nitrogens with two attached hydrogens (primary N) is 1. The Labute approximate surface area is 152 Å². The van der Waals surface area contributed by atoms with Crippen molar-refractivity contribution in [2.24, 2.45) is 5.73 Å². The van der Waals surface area contributed by atoms with E-state index in [1.807, 2.05) is 0 Å². The van der Waals surface area contributed by atoms with Gasteiger partial charge in [-0.15, -0.1) is 0 Å². The third-order valence-electron chi connectivity index (χ3n) is 4.90. The lowest BCUT2D eigenvalue weighted by Gasteiger charge is -2.40. The van der Waals surface area contributed by atoms with Crippen molar-refractivity contribution in [3.63, 3.8) is 0 Å². The van der Waals surface area contributed by atoms with Crippen molar-refractivity contribution in [2.45, 2.75) is 31.1 Å². The predicted octanol–water partition coefficient (Wildman–Crippen LogP) is 1.08. The highest BCUT2D eigenvalue weighted by molar-refractivity contribution is 7.89. The van der Waals surface area contributed by atoms with Crippen LogP contribution < -0.4 is 11.1 Å². The Balaban J connectivity index is 2.25. The van der Waals surface area contributed by atoms with Gasteiger partial charge >= 0.3 is 0 Å². The van der Waals surface area contributed by atoms with E-state index in [0.717, 1.165) is 0 Å². The van der Waals surface area contributed by atoms with Gasteiger partial charge in [0.1, 0.15) is 0 Å². The Bertz CT molecular complexity index is 718. The maximum atomic E-state index is 13.4. The summed E-state index contributed by atoms with van der Waals surface area (Å²) in [5.74, 6) is -3.72. The van der Waals surface area contributed by atoms with Crippen LogP contribution in [-0.2, 0) is 20.2 Å². The van der Waals surface area contributed by atoms with Crippen LogP contribution in [0.5, 0.6) is 0 Å². The number of carbonyl (C=O) groups excluding carboxylic acids is 1. The maximum Gasteiger partial charge on any atom is 0.277 e. The van der Waals surface area contributed by atoms with E-state index in [1.54, 1.807) is 37.3 Å². The van der Waals surface area contributed by atoms with Crippen LogP contribution in [0.15, 0.2) is 30.3 Å². The Kier molecular flexibility index (Phi) is 6.36. The highest BCUT2D eigenvalue weighted by Crippen LogP contribution is 2.36. The van der Waals surface area contributed by atoms with E-state index < -0.39 is 40.4 Å². The molecule has 1 fully saturated rings. The standard InChI is InChI=1S/C17H25F2N3O3S/c1-2-26(24,25)22-10-8-16(9-11-22,14-6-4-3-5-7-14)15(23)21-13-17(18,19)12-20/h3-7H,2,8-13,20H2,1H3,(H,21,23). The number of benzene rings is 1. The highest BCUT2D eigenvalue weighted by Gasteiger charge is 2.45. The molecule has 6 nitrogen and oxygen atoms in total. The van der Waals surface area contributed by atoms with Crippen LogP contribution in [0.2, 0.25) is 0 Å². The first-order valence-electron chi connectivity index (χ1n) is 8.56. The zero-order valence-electron chi connectivity index (χ0n) is 14.7. The number of amides is 1. The molecular formula is C17H25F2N3O3S.